The zero-order valence-electron chi connectivity index (χ0n) is 8.95. The molecular weight excluding hydrogens is 238 g/mol. The van der Waals surface area contributed by atoms with Crippen molar-refractivity contribution in [1.29, 1.82) is 0 Å². The molecule has 1 aromatic carbocycles. The highest BCUT2D eigenvalue weighted by Crippen LogP contribution is 2.30. The van der Waals surface area contributed by atoms with E-state index in [2.05, 4.69) is 0 Å². The Bertz CT molecular complexity index is 509. The maximum Gasteiger partial charge on any atom is 0.324 e. The molecule has 1 atom stereocenters. The Labute approximate surface area is 102 Å². The van der Waals surface area contributed by atoms with Crippen molar-refractivity contribution < 1.29 is 10.0 Å². The molecule has 0 amide bonds. The van der Waals surface area contributed by atoms with E-state index in [0.29, 0.717) is 11.3 Å². The number of nitro groups is 1. The van der Waals surface area contributed by atoms with Gasteiger partial charge in [0.25, 0.3) is 0 Å². The maximum atomic E-state index is 10.5. The van der Waals surface area contributed by atoms with Crippen molar-refractivity contribution in [3.05, 3.63) is 63.0 Å². The van der Waals surface area contributed by atoms with Gasteiger partial charge >= 0.3 is 5.00 Å². The summed E-state index contributed by atoms with van der Waals surface area (Å²) in [6.45, 7) is 0. The van der Waals surface area contributed by atoms with Gasteiger partial charge in [-0.05, 0) is 11.6 Å². The highest BCUT2D eigenvalue weighted by atomic mass is 32.1. The number of hydrogen-bond acceptors (Lipinski definition) is 4. The van der Waals surface area contributed by atoms with Gasteiger partial charge in [0, 0.05) is 17.4 Å². The van der Waals surface area contributed by atoms with Gasteiger partial charge in [0.1, 0.15) is 0 Å². The zero-order valence-corrected chi connectivity index (χ0v) is 9.76. The molecule has 0 bridgehead atoms. The molecule has 0 fully saturated rings. The monoisotopic (exact) mass is 249 g/mol. The molecule has 2 rings (SSSR count). The van der Waals surface area contributed by atoms with E-state index in [1.165, 1.54) is 6.07 Å². The lowest BCUT2D eigenvalue weighted by molar-refractivity contribution is -0.380. The summed E-state index contributed by atoms with van der Waals surface area (Å²) >= 11 is 1.02. The van der Waals surface area contributed by atoms with E-state index >= 15 is 0 Å². The standard InChI is InChI=1S/C12H11NO3S/c14-10(8-9-4-2-1-3-5-9)11-6-7-12(17-11)13(15)16/h1-7,10,14H,8H2. The van der Waals surface area contributed by atoms with Crippen LogP contribution in [0.1, 0.15) is 16.5 Å². The van der Waals surface area contributed by atoms with Crippen LogP contribution < -0.4 is 0 Å². The van der Waals surface area contributed by atoms with Crippen LogP contribution in [0.25, 0.3) is 0 Å². The summed E-state index contributed by atoms with van der Waals surface area (Å²) in [7, 11) is 0. The first-order chi connectivity index (χ1) is 8.16. The maximum absolute atomic E-state index is 10.5. The predicted molar refractivity (Wildman–Crippen MR) is 66.1 cm³/mol. The Morgan fingerprint density at radius 3 is 2.53 bits per heavy atom. The van der Waals surface area contributed by atoms with E-state index in [0.717, 1.165) is 16.9 Å². The minimum absolute atomic E-state index is 0.0621. The fraction of sp³-hybridized carbons (Fsp3) is 0.167. The van der Waals surface area contributed by atoms with E-state index in [9.17, 15) is 15.2 Å². The van der Waals surface area contributed by atoms with E-state index < -0.39 is 11.0 Å². The number of aliphatic hydroxyl groups excluding tert-OH is 1. The largest absolute Gasteiger partial charge is 0.387 e. The molecule has 0 aliphatic heterocycles. The van der Waals surface area contributed by atoms with Crippen LogP contribution in [0, 0.1) is 10.1 Å². The number of thiophene rings is 1. The summed E-state index contributed by atoms with van der Waals surface area (Å²) in [4.78, 5) is 10.7. The Morgan fingerprint density at radius 1 is 1.24 bits per heavy atom. The topological polar surface area (TPSA) is 63.4 Å². The van der Waals surface area contributed by atoms with Crippen molar-refractivity contribution in [1.82, 2.24) is 0 Å². The number of aliphatic hydroxyl groups is 1. The van der Waals surface area contributed by atoms with Crippen LogP contribution in [0.2, 0.25) is 0 Å². The van der Waals surface area contributed by atoms with Crippen molar-refractivity contribution >= 4 is 16.3 Å². The molecule has 0 aliphatic carbocycles. The minimum Gasteiger partial charge on any atom is -0.387 e. The van der Waals surface area contributed by atoms with Gasteiger partial charge in [-0.15, -0.1) is 0 Å². The first kappa shape index (κ1) is 11.8. The SMILES string of the molecule is O=[N+]([O-])c1ccc(C(O)Cc2ccccc2)s1. The average molecular weight is 249 g/mol. The minimum atomic E-state index is -0.684. The van der Waals surface area contributed by atoms with E-state index in [4.69, 9.17) is 0 Å². The lowest BCUT2D eigenvalue weighted by Gasteiger charge is -2.07. The Balaban J connectivity index is 2.09. The van der Waals surface area contributed by atoms with Crippen LogP contribution in [0.3, 0.4) is 0 Å². The Hall–Kier alpha value is -1.72. The smallest absolute Gasteiger partial charge is 0.324 e. The lowest BCUT2D eigenvalue weighted by atomic mass is 10.1. The normalized spacial score (nSPS) is 12.3. The van der Waals surface area contributed by atoms with Crippen molar-refractivity contribution in [3.8, 4) is 0 Å². The highest BCUT2D eigenvalue weighted by Gasteiger charge is 2.16. The number of benzene rings is 1. The second-order valence-corrected chi connectivity index (χ2v) is 4.73. The molecule has 1 N–H and O–H groups in total. The quantitative estimate of drug-likeness (QED) is 0.669. The first-order valence-corrected chi connectivity index (χ1v) is 5.94. The van der Waals surface area contributed by atoms with Crippen molar-refractivity contribution in [3.63, 3.8) is 0 Å². The molecule has 0 radical (unpaired) electrons. The van der Waals surface area contributed by atoms with Crippen LogP contribution >= 0.6 is 11.3 Å². The molecule has 17 heavy (non-hydrogen) atoms. The zero-order chi connectivity index (χ0) is 12.3. The van der Waals surface area contributed by atoms with Gasteiger partial charge in [0.15, 0.2) is 0 Å². The predicted octanol–water partition coefficient (Wildman–Crippen LogP) is 2.93. The van der Waals surface area contributed by atoms with Gasteiger partial charge in [-0.2, -0.15) is 0 Å². The molecule has 88 valence electrons. The van der Waals surface area contributed by atoms with Crippen molar-refractivity contribution in [2.75, 3.05) is 0 Å². The molecule has 1 aromatic heterocycles. The molecule has 0 saturated carbocycles. The molecule has 1 unspecified atom stereocenters. The second-order valence-electron chi connectivity index (χ2n) is 3.64. The lowest BCUT2D eigenvalue weighted by Crippen LogP contribution is -1.98. The molecule has 5 heteroatoms. The third-order valence-electron chi connectivity index (χ3n) is 2.39. The first-order valence-electron chi connectivity index (χ1n) is 5.13. The van der Waals surface area contributed by atoms with Crippen LogP contribution in [-0.4, -0.2) is 10.0 Å². The average Bonchev–Trinajstić information content (AvgIpc) is 2.79. The fourth-order valence-electron chi connectivity index (χ4n) is 1.56. The van der Waals surface area contributed by atoms with Gasteiger partial charge in [-0.25, -0.2) is 0 Å². The van der Waals surface area contributed by atoms with Crippen LogP contribution in [0.4, 0.5) is 5.00 Å². The number of hydrogen-bond donors (Lipinski definition) is 1. The van der Waals surface area contributed by atoms with E-state index in [1.54, 1.807) is 6.07 Å². The van der Waals surface area contributed by atoms with E-state index in [-0.39, 0.29) is 5.00 Å². The van der Waals surface area contributed by atoms with Gasteiger partial charge in [-0.1, -0.05) is 41.7 Å². The van der Waals surface area contributed by atoms with Crippen molar-refractivity contribution in [2.24, 2.45) is 0 Å². The van der Waals surface area contributed by atoms with Crippen LogP contribution in [0.5, 0.6) is 0 Å². The van der Waals surface area contributed by atoms with E-state index in [1.807, 2.05) is 30.3 Å². The molecule has 0 spiro atoms. The number of rotatable bonds is 4. The summed E-state index contributed by atoms with van der Waals surface area (Å²) in [6, 6.07) is 12.6. The molecule has 1 heterocycles. The van der Waals surface area contributed by atoms with Gasteiger partial charge in [0.2, 0.25) is 0 Å². The molecule has 0 saturated heterocycles. The van der Waals surface area contributed by atoms with Crippen LogP contribution in [-0.2, 0) is 6.42 Å². The number of nitrogens with zero attached hydrogens (tertiary/aromatic N) is 1. The van der Waals surface area contributed by atoms with Gasteiger partial charge in [-0.3, -0.25) is 10.1 Å². The Kier molecular flexibility index (Phi) is 3.51. The highest BCUT2D eigenvalue weighted by molar-refractivity contribution is 7.15. The molecule has 4 nitrogen and oxygen atoms in total. The second kappa shape index (κ2) is 5.07. The third kappa shape index (κ3) is 2.89. The van der Waals surface area contributed by atoms with Crippen molar-refractivity contribution in [2.45, 2.75) is 12.5 Å². The molecular formula is C12H11NO3S. The summed E-state index contributed by atoms with van der Waals surface area (Å²) in [5.41, 5.74) is 1.01. The fourth-order valence-corrected chi connectivity index (χ4v) is 2.36. The van der Waals surface area contributed by atoms with Crippen LogP contribution in [0.15, 0.2) is 42.5 Å². The summed E-state index contributed by atoms with van der Waals surface area (Å²) in [6.07, 6.45) is -0.213. The van der Waals surface area contributed by atoms with Gasteiger partial charge < -0.3 is 5.11 Å². The summed E-state index contributed by atoms with van der Waals surface area (Å²) < 4.78 is 0. The van der Waals surface area contributed by atoms with Gasteiger partial charge in [0.05, 0.1) is 11.0 Å². The third-order valence-corrected chi connectivity index (χ3v) is 3.53. The molecule has 0 aliphatic rings. The summed E-state index contributed by atoms with van der Waals surface area (Å²) in [5.74, 6) is 0. The summed E-state index contributed by atoms with van der Waals surface area (Å²) in [5, 5.41) is 20.5. The Morgan fingerprint density at radius 2 is 1.94 bits per heavy atom. The molecule has 2 aromatic rings.